The van der Waals surface area contributed by atoms with Crippen LogP contribution < -0.4 is 9.47 Å². The highest BCUT2D eigenvalue weighted by Crippen LogP contribution is 2.25. The van der Waals surface area contributed by atoms with E-state index in [-0.39, 0.29) is 24.6 Å². The Labute approximate surface area is 225 Å². The summed E-state index contributed by atoms with van der Waals surface area (Å²) >= 11 is 5.80. The van der Waals surface area contributed by atoms with Gasteiger partial charge in [0.05, 0.1) is 30.2 Å². The number of fused-ring (bicyclic) bond motifs is 1. The lowest BCUT2D eigenvalue weighted by Crippen LogP contribution is -2.39. The molecule has 8 nitrogen and oxygen atoms in total. The van der Waals surface area contributed by atoms with Crippen LogP contribution in [0.1, 0.15) is 30.9 Å². The second kappa shape index (κ2) is 11.2. The van der Waals surface area contributed by atoms with E-state index in [4.69, 9.17) is 30.8 Å². The fraction of sp³-hybridized carbons (Fsp3) is 0.393. The van der Waals surface area contributed by atoms with Gasteiger partial charge in [-0.2, -0.15) is 4.98 Å². The van der Waals surface area contributed by atoms with Crippen LogP contribution in [0.2, 0.25) is 5.02 Å². The number of rotatable bonds is 9. The molecule has 0 aliphatic carbocycles. The summed E-state index contributed by atoms with van der Waals surface area (Å²) in [7, 11) is 0. The summed E-state index contributed by atoms with van der Waals surface area (Å²) < 4.78 is 33.7. The quantitative estimate of drug-likeness (QED) is 0.296. The van der Waals surface area contributed by atoms with E-state index in [2.05, 4.69) is 37.6 Å². The fourth-order valence-corrected chi connectivity index (χ4v) is 5.05. The number of hydrogen-bond donors (Lipinski definition) is 0. The molecule has 2 aromatic carbocycles. The van der Waals surface area contributed by atoms with Gasteiger partial charge in [-0.15, -0.1) is 0 Å². The van der Waals surface area contributed by atoms with Gasteiger partial charge in [0.1, 0.15) is 18.5 Å². The minimum absolute atomic E-state index is 0.0289. The van der Waals surface area contributed by atoms with Crippen molar-refractivity contribution in [2.45, 2.75) is 51.2 Å². The van der Waals surface area contributed by atoms with Gasteiger partial charge in [-0.3, -0.25) is 4.90 Å². The zero-order chi connectivity index (χ0) is 25.9. The van der Waals surface area contributed by atoms with Crippen LogP contribution in [0.3, 0.4) is 0 Å². The molecule has 2 aliphatic heterocycles. The minimum Gasteiger partial charge on any atom is -0.483 e. The number of ether oxygens (including phenoxy) is 3. The molecule has 198 valence electrons. The summed E-state index contributed by atoms with van der Waals surface area (Å²) in [4.78, 5) is 16.0. The van der Waals surface area contributed by atoms with Gasteiger partial charge in [0.2, 0.25) is 5.88 Å². The number of piperidine rings is 1. The Hall–Kier alpha value is -3.27. The zero-order valence-electron chi connectivity index (χ0n) is 20.9. The third kappa shape index (κ3) is 5.75. The van der Waals surface area contributed by atoms with Crippen molar-refractivity contribution in [1.82, 2.24) is 24.4 Å². The number of benzene rings is 2. The van der Waals surface area contributed by atoms with Crippen LogP contribution in [0, 0.1) is 5.82 Å². The molecule has 2 aromatic heterocycles. The van der Waals surface area contributed by atoms with E-state index in [0.717, 1.165) is 63.4 Å². The first kappa shape index (κ1) is 25.0. The topological polar surface area (TPSA) is 74.5 Å². The molecule has 38 heavy (non-hydrogen) atoms. The second-order valence-electron chi connectivity index (χ2n) is 9.68. The molecule has 4 aromatic rings. The summed E-state index contributed by atoms with van der Waals surface area (Å²) in [5.74, 6) is 1.58. The number of likely N-dealkylation sites (tertiary alicyclic amines) is 1. The zero-order valence-corrected chi connectivity index (χ0v) is 21.7. The summed E-state index contributed by atoms with van der Waals surface area (Å²) in [6.07, 6.45) is 4.84. The van der Waals surface area contributed by atoms with Crippen LogP contribution in [0.4, 0.5) is 4.39 Å². The van der Waals surface area contributed by atoms with Crippen LogP contribution >= 0.6 is 11.6 Å². The Kier molecular flexibility index (Phi) is 7.40. The van der Waals surface area contributed by atoms with Crippen molar-refractivity contribution in [2.24, 2.45) is 0 Å². The maximum atomic E-state index is 14.0. The molecule has 0 unspecified atom stereocenters. The molecular weight excluding hydrogens is 509 g/mol. The molecule has 1 atom stereocenters. The van der Waals surface area contributed by atoms with Crippen LogP contribution in [-0.2, 0) is 24.4 Å². The Morgan fingerprint density at radius 1 is 1.05 bits per heavy atom. The van der Waals surface area contributed by atoms with E-state index in [1.54, 1.807) is 18.3 Å². The molecule has 4 heterocycles. The van der Waals surface area contributed by atoms with Crippen LogP contribution in [-0.4, -0.2) is 56.3 Å². The van der Waals surface area contributed by atoms with Crippen molar-refractivity contribution in [3.63, 3.8) is 0 Å². The Morgan fingerprint density at radius 3 is 2.68 bits per heavy atom. The standard InChI is InChI=1S/C28H29ClFN5O3/c29-19-5-6-25(22(30)15-19)37-18-26-31-11-7-28(33-26)38-20-8-12-34(13-9-20)17-27-32-23-3-1-2-4-24(23)35(27)16-21-10-14-36-21/h1-7,11,15,20-21H,8-10,12-14,16-18H2/t21-/m0/s1. The number of halogens is 2. The largest absolute Gasteiger partial charge is 0.483 e. The monoisotopic (exact) mass is 537 g/mol. The van der Waals surface area contributed by atoms with Crippen molar-refractivity contribution in [3.8, 4) is 11.6 Å². The SMILES string of the molecule is Fc1cc(Cl)ccc1OCc1nccc(OC2CCN(Cc3nc4ccccc4n3C[C@@H]3CCO3)CC2)n1. The summed E-state index contributed by atoms with van der Waals surface area (Å²) in [6, 6.07) is 14.3. The molecule has 0 saturated carbocycles. The Bertz CT molecular complexity index is 1400. The van der Waals surface area contributed by atoms with Gasteiger partial charge in [-0.05, 0) is 49.6 Å². The number of aromatic nitrogens is 4. The van der Waals surface area contributed by atoms with Gasteiger partial charge in [0.15, 0.2) is 17.4 Å². The van der Waals surface area contributed by atoms with E-state index >= 15 is 0 Å². The van der Waals surface area contributed by atoms with E-state index < -0.39 is 5.82 Å². The van der Waals surface area contributed by atoms with Crippen molar-refractivity contribution in [1.29, 1.82) is 0 Å². The Balaban J connectivity index is 1.04. The number of nitrogens with zero attached hydrogens (tertiary/aromatic N) is 5. The van der Waals surface area contributed by atoms with E-state index in [1.165, 1.54) is 17.6 Å². The summed E-state index contributed by atoms with van der Waals surface area (Å²) in [6.45, 7) is 4.34. The molecule has 6 rings (SSSR count). The first-order valence-electron chi connectivity index (χ1n) is 13.0. The van der Waals surface area contributed by atoms with Gasteiger partial charge < -0.3 is 18.8 Å². The molecule has 2 fully saturated rings. The van der Waals surface area contributed by atoms with Crippen molar-refractivity contribution >= 4 is 22.6 Å². The van der Waals surface area contributed by atoms with Crippen molar-refractivity contribution < 1.29 is 18.6 Å². The lowest BCUT2D eigenvalue weighted by molar-refractivity contribution is -0.0592. The van der Waals surface area contributed by atoms with E-state index in [1.807, 2.05) is 6.07 Å². The highest BCUT2D eigenvalue weighted by Gasteiger charge is 2.25. The molecule has 0 spiro atoms. The lowest BCUT2D eigenvalue weighted by atomic mass is 10.1. The second-order valence-corrected chi connectivity index (χ2v) is 10.1. The predicted molar refractivity (Wildman–Crippen MR) is 141 cm³/mol. The third-order valence-corrected chi connectivity index (χ3v) is 7.27. The molecule has 0 bridgehead atoms. The first-order valence-corrected chi connectivity index (χ1v) is 13.3. The molecule has 0 amide bonds. The maximum absolute atomic E-state index is 14.0. The molecular formula is C28H29ClFN5O3. The summed E-state index contributed by atoms with van der Waals surface area (Å²) in [5, 5.41) is 0.314. The molecule has 0 radical (unpaired) electrons. The normalized spacial score (nSPS) is 18.4. The van der Waals surface area contributed by atoms with Crippen LogP contribution in [0.5, 0.6) is 11.6 Å². The lowest BCUT2D eigenvalue weighted by Gasteiger charge is -2.32. The smallest absolute Gasteiger partial charge is 0.216 e. The number of hydrogen-bond acceptors (Lipinski definition) is 7. The van der Waals surface area contributed by atoms with Crippen molar-refractivity contribution in [3.05, 3.63) is 77.2 Å². The van der Waals surface area contributed by atoms with Gasteiger partial charge in [-0.1, -0.05) is 23.7 Å². The van der Waals surface area contributed by atoms with E-state index in [0.29, 0.717) is 16.7 Å². The van der Waals surface area contributed by atoms with Gasteiger partial charge in [0, 0.05) is 37.0 Å². The fourth-order valence-electron chi connectivity index (χ4n) is 4.89. The van der Waals surface area contributed by atoms with Gasteiger partial charge in [0.25, 0.3) is 0 Å². The molecule has 10 heteroatoms. The first-order chi connectivity index (χ1) is 18.6. The predicted octanol–water partition coefficient (Wildman–Crippen LogP) is 5.03. The van der Waals surface area contributed by atoms with Crippen molar-refractivity contribution in [2.75, 3.05) is 19.7 Å². The number of imidazole rings is 1. The average molecular weight is 538 g/mol. The Morgan fingerprint density at radius 2 is 1.89 bits per heavy atom. The highest BCUT2D eigenvalue weighted by atomic mass is 35.5. The van der Waals surface area contributed by atoms with Crippen LogP contribution in [0.15, 0.2) is 54.7 Å². The minimum atomic E-state index is -0.524. The van der Waals surface area contributed by atoms with Crippen LogP contribution in [0.25, 0.3) is 11.0 Å². The highest BCUT2D eigenvalue weighted by molar-refractivity contribution is 6.30. The maximum Gasteiger partial charge on any atom is 0.216 e. The van der Waals surface area contributed by atoms with E-state index in [9.17, 15) is 4.39 Å². The summed E-state index contributed by atoms with van der Waals surface area (Å²) in [5.41, 5.74) is 2.20. The third-order valence-electron chi connectivity index (χ3n) is 7.03. The average Bonchev–Trinajstić information content (AvgIpc) is 3.24. The van der Waals surface area contributed by atoms with Gasteiger partial charge >= 0.3 is 0 Å². The molecule has 2 aliphatic rings. The molecule has 2 saturated heterocycles. The number of para-hydroxylation sites is 2. The molecule has 0 N–H and O–H groups in total. The van der Waals surface area contributed by atoms with Gasteiger partial charge in [-0.25, -0.2) is 14.4 Å².